The lowest BCUT2D eigenvalue weighted by atomic mass is 12.0. The van der Waals surface area contributed by atoms with Crippen LogP contribution in [0.2, 0.25) is 0 Å². The second-order valence-electron chi connectivity index (χ2n) is 1.17. The molecule has 0 amide bonds. The molecule has 0 aliphatic heterocycles. The van der Waals surface area contributed by atoms with E-state index >= 15 is 0 Å². The second kappa shape index (κ2) is 2.99. The summed E-state index contributed by atoms with van der Waals surface area (Å²) in [6.45, 7) is 0.981. The first-order valence-electron chi connectivity index (χ1n) is 1.61. The summed E-state index contributed by atoms with van der Waals surface area (Å²) in [5, 5.41) is 0. The molecule has 0 radical (unpaired) electrons. The van der Waals surface area contributed by atoms with Crippen LogP contribution < -0.4 is 0 Å². The molecule has 0 saturated carbocycles. The molecule has 0 aliphatic rings. The van der Waals surface area contributed by atoms with Crippen LogP contribution in [0.3, 0.4) is 0 Å². The van der Waals surface area contributed by atoms with Crippen molar-refractivity contribution in [3.63, 3.8) is 0 Å². The van der Waals surface area contributed by atoms with E-state index in [-0.39, 0.29) is 0 Å². The summed E-state index contributed by atoms with van der Waals surface area (Å²) in [5.41, 5.74) is 0. The van der Waals surface area contributed by atoms with Gasteiger partial charge in [-0.25, -0.2) is 0 Å². The molecule has 8 heavy (non-hydrogen) atoms. The van der Waals surface area contributed by atoms with Gasteiger partial charge in [0.25, 0.3) is 0 Å². The average Bonchev–Trinajstić information content (AvgIpc) is 1.21. The van der Waals surface area contributed by atoms with Crippen LogP contribution in [-0.4, -0.2) is 26.2 Å². The topological polar surface area (TPSA) is 90.2 Å². The summed E-state index contributed by atoms with van der Waals surface area (Å²) < 4.78 is 3.84. The van der Waals surface area contributed by atoms with Crippen LogP contribution in [0.1, 0.15) is 0 Å². The molecule has 0 aromatic heterocycles. The lowest BCUT2D eigenvalue weighted by Crippen LogP contribution is -1.88. The summed E-state index contributed by atoms with van der Waals surface area (Å²) in [5.74, 6) is 0. The molecule has 0 spiro atoms. The summed E-state index contributed by atoms with van der Waals surface area (Å²) in [6.07, 6.45) is 0. The minimum atomic E-state index is -3.44. The maximum absolute atomic E-state index is 8.33. The lowest BCUT2D eigenvalue weighted by molar-refractivity contribution is 0.306. The molecule has 0 heterocycles. The average molecular weight is 161 g/mol. The van der Waals surface area contributed by atoms with Crippen molar-refractivity contribution in [3.05, 3.63) is 0 Å². The van der Waals surface area contributed by atoms with Gasteiger partial charge >= 0.3 is 16.5 Å². The van der Waals surface area contributed by atoms with Crippen molar-refractivity contribution in [1.82, 2.24) is 0 Å². The molecule has 0 fully saturated rings. The van der Waals surface area contributed by atoms with Crippen molar-refractivity contribution in [3.8, 4) is 0 Å². The SMILES string of the molecule is C[P+](O)(O)OP(O)O. The fraction of sp³-hybridized carbons (Fsp3) is 1.00. The zero-order chi connectivity index (χ0) is 6.78. The molecule has 7 heteroatoms. The van der Waals surface area contributed by atoms with E-state index in [1.54, 1.807) is 0 Å². The maximum atomic E-state index is 8.33. The monoisotopic (exact) mass is 161 g/mol. The molecular formula is CH7O5P2+. The van der Waals surface area contributed by atoms with E-state index in [1.807, 2.05) is 0 Å². The minimum Gasteiger partial charge on any atom is -0.326 e. The molecule has 0 saturated heterocycles. The standard InChI is InChI=1S/CH7O5P2/c1-8(4,5)6-7(2)3/h2-5H,1H3/q+1. The third kappa shape index (κ3) is 6.66. The molecular weight excluding hydrogens is 154 g/mol. The van der Waals surface area contributed by atoms with Crippen LogP contribution in [-0.2, 0) is 4.31 Å². The third-order valence-corrected chi connectivity index (χ3v) is 2.05. The highest BCUT2D eigenvalue weighted by molar-refractivity contribution is 7.65. The van der Waals surface area contributed by atoms with Gasteiger partial charge < -0.3 is 9.79 Å². The van der Waals surface area contributed by atoms with Gasteiger partial charge in [0, 0.05) is 0 Å². The van der Waals surface area contributed by atoms with Crippen molar-refractivity contribution < 1.29 is 23.9 Å². The maximum Gasteiger partial charge on any atom is 0.412 e. The van der Waals surface area contributed by atoms with Crippen molar-refractivity contribution in [2.75, 3.05) is 6.66 Å². The fourth-order valence-electron chi connectivity index (χ4n) is 0.138. The van der Waals surface area contributed by atoms with E-state index in [1.165, 1.54) is 0 Å². The van der Waals surface area contributed by atoms with Crippen LogP contribution in [0.25, 0.3) is 0 Å². The van der Waals surface area contributed by atoms with E-state index in [2.05, 4.69) is 4.31 Å². The van der Waals surface area contributed by atoms with Gasteiger partial charge in [-0.1, -0.05) is 4.31 Å². The quantitative estimate of drug-likeness (QED) is 0.413. The van der Waals surface area contributed by atoms with Crippen LogP contribution in [0, 0.1) is 0 Å². The molecule has 0 aromatic carbocycles. The Hall–Kier alpha value is 0.660. The van der Waals surface area contributed by atoms with Gasteiger partial charge in [-0.3, -0.25) is 0 Å². The van der Waals surface area contributed by atoms with Crippen molar-refractivity contribution in [2.24, 2.45) is 0 Å². The van der Waals surface area contributed by atoms with Crippen molar-refractivity contribution >= 4 is 16.5 Å². The highest BCUT2D eigenvalue weighted by Crippen LogP contribution is 2.55. The molecule has 4 N–H and O–H groups in total. The van der Waals surface area contributed by atoms with Crippen LogP contribution in [0.15, 0.2) is 0 Å². The summed E-state index contributed by atoms with van der Waals surface area (Å²) in [7, 11) is -6.08. The van der Waals surface area contributed by atoms with E-state index in [0.29, 0.717) is 0 Å². The zero-order valence-corrected chi connectivity index (χ0v) is 5.88. The Morgan fingerprint density at radius 3 is 1.75 bits per heavy atom. The number of rotatable bonds is 2. The molecule has 0 aromatic rings. The molecule has 0 bridgehead atoms. The van der Waals surface area contributed by atoms with Crippen LogP contribution in [0.5, 0.6) is 0 Å². The Morgan fingerprint density at radius 1 is 1.38 bits per heavy atom. The van der Waals surface area contributed by atoms with E-state index < -0.39 is 16.5 Å². The minimum absolute atomic E-state index is 0.981. The molecule has 0 rings (SSSR count). The Labute approximate surface area is 48.1 Å². The molecule has 5 nitrogen and oxygen atoms in total. The third-order valence-electron chi connectivity index (χ3n) is 0.228. The van der Waals surface area contributed by atoms with Gasteiger partial charge in [-0.05, 0) is 0 Å². The van der Waals surface area contributed by atoms with Gasteiger partial charge in [-0.2, -0.15) is 9.79 Å². The molecule has 0 aliphatic carbocycles. The van der Waals surface area contributed by atoms with Gasteiger partial charge in [-0.15, -0.1) is 0 Å². The molecule has 50 valence electrons. The van der Waals surface area contributed by atoms with E-state index in [9.17, 15) is 0 Å². The largest absolute Gasteiger partial charge is 0.412 e. The first-order valence-corrected chi connectivity index (χ1v) is 4.84. The Kier molecular flexibility index (Phi) is 3.24. The molecule has 0 unspecified atom stereocenters. The fourth-order valence-corrected chi connectivity index (χ4v) is 1.25. The highest BCUT2D eigenvalue weighted by Gasteiger charge is 2.31. The lowest BCUT2D eigenvalue weighted by Gasteiger charge is -2.03. The van der Waals surface area contributed by atoms with E-state index in [4.69, 9.17) is 19.6 Å². The molecule has 0 atom stereocenters. The summed E-state index contributed by atoms with van der Waals surface area (Å²) >= 11 is 0. The predicted molar refractivity (Wildman–Crippen MR) is 29.7 cm³/mol. The van der Waals surface area contributed by atoms with Crippen LogP contribution >= 0.6 is 16.5 Å². The first kappa shape index (κ1) is 8.66. The van der Waals surface area contributed by atoms with Gasteiger partial charge in [0.2, 0.25) is 0 Å². The number of hydrogen-bond acceptors (Lipinski definition) is 5. The van der Waals surface area contributed by atoms with Crippen LogP contribution in [0.4, 0.5) is 0 Å². The summed E-state index contributed by atoms with van der Waals surface area (Å²) in [6, 6.07) is 0. The Morgan fingerprint density at radius 2 is 1.75 bits per heavy atom. The van der Waals surface area contributed by atoms with E-state index in [0.717, 1.165) is 6.66 Å². The van der Waals surface area contributed by atoms with Gasteiger partial charge in [0.15, 0.2) is 0 Å². The normalized spacial score (nSPS) is 12.8. The van der Waals surface area contributed by atoms with Gasteiger partial charge in [0.1, 0.15) is 6.66 Å². The van der Waals surface area contributed by atoms with Crippen molar-refractivity contribution in [1.29, 1.82) is 0 Å². The Bertz CT molecular complexity index is 65.3. The zero-order valence-electron chi connectivity index (χ0n) is 4.09. The predicted octanol–water partition coefficient (Wildman–Crippen LogP) is -0.409. The second-order valence-corrected chi connectivity index (χ2v) is 4.00. The van der Waals surface area contributed by atoms with Gasteiger partial charge in [0.05, 0.1) is 0 Å². The van der Waals surface area contributed by atoms with Crippen molar-refractivity contribution in [2.45, 2.75) is 0 Å². The first-order chi connectivity index (χ1) is 3.42. The highest BCUT2D eigenvalue weighted by atomic mass is 31.3. The smallest absolute Gasteiger partial charge is 0.326 e. The number of hydrogen-bond donors (Lipinski definition) is 4. The summed E-state index contributed by atoms with van der Waals surface area (Å²) in [4.78, 5) is 32.6. The Balaban J connectivity index is 3.39.